The molecule has 0 N–H and O–H groups in total. The number of rotatable bonds is 12. The molecule has 0 spiro atoms. The number of nitrogens with zero attached hydrogens (tertiary/aromatic N) is 3. The second kappa shape index (κ2) is 14.7. The van der Waals surface area contributed by atoms with Crippen LogP contribution in [0, 0.1) is 13.8 Å². The van der Waals surface area contributed by atoms with Crippen molar-refractivity contribution in [2.75, 3.05) is 0 Å². The SMILES string of the molecule is Cc1ccc(OP2(Oc3ccccc3)=NP(Oc3ccccc3)(Oc3ccccc3)=NP(Oc3ccccc3)(Oc3ccc(C)cc3)=N2)cc1. The van der Waals surface area contributed by atoms with E-state index in [-0.39, 0.29) is 0 Å². The van der Waals surface area contributed by atoms with Crippen molar-refractivity contribution in [3.05, 3.63) is 181 Å². The highest BCUT2D eigenvalue weighted by molar-refractivity contribution is 7.79. The van der Waals surface area contributed by atoms with Crippen molar-refractivity contribution >= 4 is 23.0 Å². The van der Waals surface area contributed by atoms with Gasteiger partial charge in [0.05, 0.1) is 0 Å². The second-order valence-corrected chi connectivity index (χ2v) is 17.4. The molecule has 0 aliphatic carbocycles. The molecule has 1 aliphatic rings. The van der Waals surface area contributed by atoms with Gasteiger partial charge >= 0.3 is 23.0 Å². The standard InChI is InChI=1S/C38H34N3O6P3/c1-31-23-27-37(28-24-31)46-49(44-35-19-11-5-12-20-35)39-48(42-33-15-7-3-8-16-33,43-34-17-9-4-10-18-34)40-50(41-49,45-36-21-13-6-14-22-36)47-38-29-25-32(2)26-30-38/h3-30H,1-2H3. The Morgan fingerprint density at radius 2 is 0.480 bits per heavy atom. The summed E-state index contributed by atoms with van der Waals surface area (Å²) >= 11 is 0. The Morgan fingerprint density at radius 3 is 0.700 bits per heavy atom. The van der Waals surface area contributed by atoms with E-state index in [0.29, 0.717) is 34.5 Å². The van der Waals surface area contributed by atoms with Crippen LogP contribution < -0.4 is 27.1 Å². The smallest absolute Gasteiger partial charge is 0.413 e. The average Bonchev–Trinajstić information content (AvgIpc) is 3.12. The molecule has 50 heavy (non-hydrogen) atoms. The molecular formula is C38H34N3O6P3. The monoisotopic (exact) mass is 721 g/mol. The molecule has 7 rings (SSSR count). The summed E-state index contributed by atoms with van der Waals surface area (Å²) in [6.07, 6.45) is 0. The molecule has 12 heteroatoms. The maximum atomic E-state index is 6.81. The molecule has 0 aromatic heterocycles. The highest BCUT2D eigenvalue weighted by Gasteiger charge is 2.48. The molecule has 1 aliphatic heterocycles. The van der Waals surface area contributed by atoms with Crippen LogP contribution >= 0.6 is 23.0 Å². The minimum absolute atomic E-state index is 0.465. The van der Waals surface area contributed by atoms with Gasteiger partial charge in [0.2, 0.25) is 0 Å². The van der Waals surface area contributed by atoms with E-state index in [9.17, 15) is 0 Å². The average molecular weight is 722 g/mol. The fourth-order valence-electron chi connectivity index (χ4n) is 4.70. The minimum Gasteiger partial charge on any atom is -0.413 e. The Bertz CT molecular complexity index is 2070. The Morgan fingerprint density at radius 1 is 0.280 bits per heavy atom. The van der Waals surface area contributed by atoms with Gasteiger partial charge in [-0.25, -0.2) is 0 Å². The van der Waals surface area contributed by atoms with E-state index >= 15 is 0 Å². The van der Waals surface area contributed by atoms with Gasteiger partial charge in [-0.15, -0.1) is 0 Å². The maximum absolute atomic E-state index is 6.81. The van der Waals surface area contributed by atoms with E-state index in [1.807, 2.05) is 184 Å². The van der Waals surface area contributed by atoms with Gasteiger partial charge < -0.3 is 27.1 Å². The van der Waals surface area contributed by atoms with Crippen LogP contribution in [0.1, 0.15) is 11.1 Å². The molecule has 252 valence electrons. The fraction of sp³-hybridized carbons (Fsp3) is 0.0526. The lowest BCUT2D eigenvalue weighted by atomic mass is 10.2. The summed E-state index contributed by atoms with van der Waals surface area (Å²) in [5.74, 6) is 2.81. The number of para-hydroxylation sites is 4. The van der Waals surface area contributed by atoms with Crippen molar-refractivity contribution in [1.82, 2.24) is 0 Å². The predicted molar refractivity (Wildman–Crippen MR) is 200 cm³/mol. The zero-order valence-corrected chi connectivity index (χ0v) is 30.0. The van der Waals surface area contributed by atoms with E-state index < -0.39 is 23.0 Å². The quantitative estimate of drug-likeness (QED) is 0.117. The summed E-state index contributed by atoms with van der Waals surface area (Å²) in [4.78, 5) is 0. The number of hydrogen-bond donors (Lipinski definition) is 0. The van der Waals surface area contributed by atoms with E-state index in [4.69, 9.17) is 40.7 Å². The van der Waals surface area contributed by atoms with Crippen LogP contribution in [0.5, 0.6) is 34.5 Å². The highest BCUT2D eigenvalue weighted by atomic mass is 31.3. The Balaban J connectivity index is 1.55. The predicted octanol–water partition coefficient (Wildman–Crippen LogP) is 12.9. The van der Waals surface area contributed by atoms with E-state index in [1.54, 1.807) is 0 Å². The zero-order valence-electron chi connectivity index (χ0n) is 27.3. The zero-order chi connectivity index (χ0) is 34.3. The molecule has 9 nitrogen and oxygen atoms in total. The van der Waals surface area contributed by atoms with E-state index in [2.05, 4.69) is 0 Å². The highest BCUT2D eigenvalue weighted by Crippen LogP contribution is 2.78. The summed E-state index contributed by atoms with van der Waals surface area (Å²) in [7, 11) is -11.7. The lowest BCUT2D eigenvalue weighted by Crippen LogP contribution is -2.11. The van der Waals surface area contributed by atoms with Crippen molar-refractivity contribution < 1.29 is 27.1 Å². The molecule has 2 atom stereocenters. The topological polar surface area (TPSA) is 92.5 Å². The third-order valence-electron chi connectivity index (χ3n) is 7.04. The Hall–Kier alpha value is -5.19. The Kier molecular flexibility index (Phi) is 9.82. The van der Waals surface area contributed by atoms with Crippen LogP contribution in [-0.2, 0) is 0 Å². The van der Waals surface area contributed by atoms with Crippen LogP contribution in [0.4, 0.5) is 0 Å². The molecule has 0 radical (unpaired) electrons. The van der Waals surface area contributed by atoms with E-state index in [0.717, 1.165) is 11.1 Å². The first-order chi connectivity index (χ1) is 24.4. The number of hydrogen-bond acceptors (Lipinski definition) is 9. The molecule has 6 aromatic rings. The van der Waals surface area contributed by atoms with Crippen LogP contribution in [0.15, 0.2) is 183 Å². The maximum Gasteiger partial charge on any atom is 0.460 e. The molecule has 0 amide bonds. The molecule has 1 heterocycles. The third kappa shape index (κ3) is 8.33. The molecule has 0 saturated carbocycles. The largest absolute Gasteiger partial charge is 0.460 e. The molecule has 0 bridgehead atoms. The number of aryl methyl sites for hydroxylation is 2. The lowest BCUT2D eigenvalue weighted by molar-refractivity contribution is 0.443. The second-order valence-electron chi connectivity index (χ2n) is 11.2. The minimum atomic E-state index is -3.89. The van der Waals surface area contributed by atoms with Gasteiger partial charge in [0.25, 0.3) is 0 Å². The fourth-order valence-corrected chi connectivity index (χ4v) is 13.8. The first-order valence-corrected chi connectivity index (χ1v) is 20.4. The summed E-state index contributed by atoms with van der Waals surface area (Å²) in [6.45, 7) is 4.00. The van der Waals surface area contributed by atoms with Gasteiger partial charge in [0.1, 0.15) is 34.5 Å². The van der Waals surface area contributed by atoms with Gasteiger partial charge in [0.15, 0.2) is 0 Å². The van der Waals surface area contributed by atoms with Crippen molar-refractivity contribution in [1.29, 1.82) is 0 Å². The van der Waals surface area contributed by atoms with Gasteiger partial charge in [0, 0.05) is 0 Å². The van der Waals surface area contributed by atoms with Gasteiger partial charge in [-0.1, -0.05) is 122 Å². The van der Waals surface area contributed by atoms with Gasteiger partial charge in [-0.2, -0.15) is 0 Å². The third-order valence-corrected chi connectivity index (χ3v) is 15.2. The molecule has 0 fully saturated rings. The molecule has 2 unspecified atom stereocenters. The summed E-state index contributed by atoms with van der Waals surface area (Å²) in [6, 6.07) is 52.1. The van der Waals surface area contributed by atoms with Gasteiger partial charge in [-0.05, 0) is 86.6 Å². The van der Waals surface area contributed by atoms with Crippen LogP contribution in [0.25, 0.3) is 0 Å². The van der Waals surface area contributed by atoms with Crippen molar-refractivity contribution in [3.63, 3.8) is 0 Å². The summed E-state index contributed by atoms with van der Waals surface area (Å²) < 4.78 is 56.4. The normalized spacial score (nSPS) is 19.0. The van der Waals surface area contributed by atoms with Crippen molar-refractivity contribution in [3.8, 4) is 34.5 Å². The lowest BCUT2D eigenvalue weighted by Gasteiger charge is -2.33. The molecule has 0 saturated heterocycles. The Labute approximate surface area is 292 Å². The molecular weight excluding hydrogens is 687 g/mol. The van der Waals surface area contributed by atoms with Crippen LogP contribution in [0.3, 0.4) is 0 Å². The number of benzene rings is 6. The first kappa shape index (κ1) is 33.3. The van der Waals surface area contributed by atoms with E-state index in [1.165, 1.54) is 0 Å². The van der Waals surface area contributed by atoms with Crippen molar-refractivity contribution in [2.45, 2.75) is 13.8 Å². The summed E-state index contributed by atoms with van der Waals surface area (Å²) in [5.41, 5.74) is 2.11. The van der Waals surface area contributed by atoms with Crippen LogP contribution in [0.2, 0.25) is 0 Å². The van der Waals surface area contributed by atoms with Crippen molar-refractivity contribution in [2.24, 2.45) is 13.5 Å². The first-order valence-electron chi connectivity index (χ1n) is 15.8. The molecule has 6 aromatic carbocycles. The summed E-state index contributed by atoms with van der Waals surface area (Å²) in [5, 5.41) is 0. The van der Waals surface area contributed by atoms with Crippen LogP contribution in [-0.4, -0.2) is 0 Å². The van der Waals surface area contributed by atoms with Gasteiger partial charge in [-0.3, -0.25) is 0 Å².